The molecule has 0 amide bonds. The highest BCUT2D eigenvalue weighted by molar-refractivity contribution is 6.14. The Hall–Kier alpha value is -7.42. The van der Waals surface area contributed by atoms with Crippen molar-refractivity contribution < 1.29 is 4.42 Å². The molecule has 10 aromatic carbocycles. The van der Waals surface area contributed by atoms with Gasteiger partial charge in [0.2, 0.25) is 0 Å². The SMILES string of the molecule is c1cc(-c2cc3ccccc3c3ccccc23)cc(N(c2ccc(-c3ccc4ccccc4c3)cc2)c2cccc(-c3cccc4oc5ccccc5c34)c2)c1. The molecule has 0 saturated carbocycles. The van der Waals surface area contributed by atoms with E-state index in [-0.39, 0.29) is 0 Å². The second-order valence-corrected chi connectivity index (χ2v) is 14.5. The maximum atomic E-state index is 6.30. The zero-order chi connectivity index (χ0) is 37.0. The minimum atomic E-state index is 0.894. The Morgan fingerprint density at radius 1 is 0.286 bits per heavy atom. The molecule has 0 N–H and O–H groups in total. The molecule has 56 heavy (non-hydrogen) atoms. The average molecular weight is 714 g/mol. The van der Waals surface area contributed by atoms with Gasteiger partial charge in [-0.05, 0) is 126 Å². The van der Waals surface area contributed by atoms with Crippen LogP contribution < -0.4 is 4.90 Å². The standard InChI is InChI=1S/C54H35NO/c1-2-13-38-32-39(27-26-36(38)12-1)37-28-30-43(31-29-37)55(44-17-9-15-40(33-44)47-23-11-25-53-54(47)50-22-7-8-24-52(50)56-53)45-18-10-16-41(34-45)51-35-42-14-3-4-19-46(42)48-20-5-6-21-49(48)51/h1-35H. The van der Waals surface area contributed by atoms with Crippen molar-refractivity contribution in [1.82, 2.24) is 0 Å². The molecule has 262 valence electrons. The van der Waals surface area contributed by atoms with Crippen molar-refractivity contribution in [2.24, 2.45) is 0 Å². The molecule has 11 rings (SSSR count). The average Bonchev–Trinajstić information content (AvgIpc) is 3.66. The van der Waals surface area contributed by atoms with Crippen LogP contribution in [0, 0.1) is 0 Å². The van der Waals surface area contributed by atoms with Gasteiger partial charge < -0.3 is 9.32 Å². The fourth-order valence-corrected chi connectivity index (χ4v) is 8.55. The van der Waals surface area contributed by atoms with Crippen LogP contribution in [0.25, 0.3) is 87.6 Å². The molecule has 0 aliphatic heterocycles. The van der Waals surface area contributed by atoms with Crippen molar-refractivity contribution in [2.75, 3.05) is 4.90 Å². The normalized spacial score (nSPS) is 11.6. The van der Waals surface area contributed by atoms with Crippen molar-refractivity contribution in [1.29, 1.82) is 0 Å². The Kier molecular flexibility index (Phi) is 7.53. The summed E-state index contributed by atoms with van der Waals surface area (Å²) in [5, 5.41) is 9.77. The van der Waals surface area contributed by atoms with Gasteiger partial charge in [-0.2, -0.15) is 0 Å². The lowest BCUT2D eigenvalue weighted by atomic mass is 9.93. The van der Waals surface area contributed by atoms with Crippen LogP contribution in [0.3, 0.4) is 0 Å². The fraction of sp³-hybridized carbons (Fsp3) is 0. The first-order valence-corrected chi connectivity index (χ1v) is 19.2. The van der Waals surface area contributed by atoms with E-state index in [2.05, 4.69) is 205 Å². The molecule has 11 aromatic rings. The third kappa shape index (κ3) is 5.42. The van der Waals surface area contributed by atoms with Crippen LogP contribution in [0.2, 0.25) is 0 Å². The smallest absolute Gasteiger partial charge is 0.136 e. The number of fused-ring (bicyclic) bond motifs is 7. The minimum Gasteiger partial charge on any atom is -0.456 e. The summed E-state index contributed by atoms with van der Waals surface area (Å²) in [6.07, 6.45) is 0. The van der Waals surface area contributed by atoms with E-state index in [9.17, 15) is 0 Å². The van der Waals surface area contributed by atoms with Gasteiger partial charge in [0.25, 0.3) is 0 Å². The van der Waals surface area contributed by atoms with E-state index < -0.39 is 0 Å². The molecule has 0 radical (unpaired) electrons. The molecule has 1 heterocycles. The summed E-state index contributed by atoms with van der Waals surface area (Å²) < 4.78 is 6.30. The van der Waals surface area contributed by atoms with Gasteiger partial charge in [0.15, 0.2) is 0 Å². The van der Waals surface area contributed by atoms with E-state index in [1.54, 1.807) is 0 Å². The third-order valence-electron chi connectivity index (χ3n) is 11.2. The van der Waals surface area contributed by atoms with E-state index in [1.807, 2.05) is 12.1 Å². The minimum absolute atomic E-state index is 0.894. The Morgan fingerprint density at radius 2 is 0.875 bits per heavy atom. The molecular weight excluding hydrogens is 679 g/mol. The number of furan rings is 1. The van der Waals surface area contributed by atoms with Gasteiger partial charge in [0, 0.05) is 27.8 Å². The zero-order valence-corrected chi connectivity index (χ0v) is 30.6. The van der Waals surface area contributed by atoms with Gasteiger partial charge >= 0.3 is 0 Å². The van der Waals surface area contributed by atoms with E-state index in [0.717, 1.165) is 50.1 Å². The lowest BCUT2D eigenvalue weighted by Gasteiger charge is -2.27. The highest BCUT2D eigenvalue weighted by Crippen LogP contribution is 2.43. The molecule has 0 aliphatic rings. The Bertz CT molecular complexity index is 3260. The second kappa shape index (κ2) is 13.2. The van der Waals surface area contributed by atoms with Crippen molar-refractivity contribution in [2.45, 2.75) is 0 Å². The highest BCUT2D eigenvalue weighted by atomic mass is 16.3. The number of hydrogen-bond acceptors (Lipinski definition) is 2. The van der Waals surface area contributed by atoms with Crippen LogP contribution in [0.4, 0.5) is 17.1 Å². The van der Waals surface area contributed by atoms with Crippen molar-refractivity contribution >= 4 is 71.3 Å². The molecule has 0 fully saturated rings. The van der Waals surface area contributed by atoms with Gasteiger partial charge in [0.05, 0.1) is 0 Å². The van der Waals surface area contributed by atoms with E-state index in [4.69, 9.17) is 4.42 Å². The van der Waals surface area contributed by atoms with Gasteiger partial charge in [0.1, 0.15) is 11.2 Å². The summed E-state index contributed by atoms with van der Waals surface area (Å²) in [5.41, 5.74) is 12.1. The molecule has 2 nitrogen and oxygen atoms in total. The number of benzene rings is 10. The Balaban J connectivity index is 1.08. The molecule has 0 saturated heterocycles. The molecule has 1 aromatic heterocycles. The van der Waals surface area contributed by atoms with E-state index in [1.165, 1.54) is 54.6 Å². The van der Waals surface area contributed by atoms with E-state index in [0.29, 0.717) is 0 Å². The molecular formula is C54H35NO. The van der Waals surface area contributed by atoms with Gasteiger partial charge in [-0.25, -0.2) is 0 Å². The number of para-hydroxylation sites is 1. The summed E-state index contributed by atoms with van der Waals surface area (Å²) >= 11 is 0. The fourth-order valence-electron chi connectivity index (χ4n) is 8.55. The molecule has 0 spiro atoms. The van der Waals surface area contributed by atoms with Crippen LogP contribution in [0.5, 0.6) is 0 Å². The first-order chi connectivity index (χ1) is 27.7. The summed E-state index contributed by atoms with van der Waals surface area (Å²) in [6, 6.07) is 76.6. The van der Waals surface area contributed by atoms with Crippen LogP contribution in [-0.2, 0) is 0 Å². The van der Waals surface area contributed by atoms with Gasteiger partial charge in [-0.3, -0.25) is 0 Å². The Morgan fingerprint density at radius 3 is 1.66 bits per heavy atom. The summed E-state index contributed by atoms with van der Waals surface area (Å²) in [6.45, 7) is 0. The molecule has 0 aliphatic carbocycles. The second-order valence-electron chi connectivity index (χ2n) is 14.5. The maximum Gasteiger partial charge on any atom is 0.136 e. The predicted octanol–water partition coefficient (Wildman–Crippen LogP) is 15.5. The topological polar surface area (TPSA) is 16.4 Å². The molecule has 0 unspecified atom stereocenters. The van der Waals surface area contributed by atoms with Crippen LogP contribution >= 0.6 is 0 Å². The highest BCUT2D eigenvalue weighted by Gasteiger charge is 2.18. The van der Waals surface area contributed by atoms with Crippen LogP contribution in [-0.4, -0.2) is 0 Å². The van der Waals surface area contributed by atoms with Gasteiger partial charge in [-0.1, -0.05) is 152 Å². The maximum absolute atomic E-state index is 6.30. The van der Waals surface area contributed by atoms with Crippen molar-refractivity contribution in [3.63, 3.8) is 0 Å². The first kappa shape index (κ1) is 32.0. The predicted molar refractivity (Wildman–Crippen MR) is 237 cm³/mol. The largest absolute Gasteiger partial charge is 0.456 e. The zero-order valence-electron chi connectivity index (χ0n) is 30.6. The van der Waals surface area contributed by atoms with Crippen LogP contribution in [0.15, 0.2) is 217 Å². The molecule has 2 heteroatoms. The summed E-state index contributed by atoms with van der Waals surface area (Å²) in [7, 11) is 0. The van der Waals surface area contributed by atoms with Gasteiger partial charge in [-0.15, -0.1) is 0 Å². The number of rotatable bonds is 6. The van der Waals surface area contributed by atoms with Crippen molar-refractivity contribution in [3.05, 3.63) is 212 Å². The lowest BCUT2D eigenvalue weighted by molar-refractivity contribution is 0.669. The summed E-state index contributed by atoms with van der Waals surface area (Å²) in [4.78, 5) is 2.38. The number of hydrogen-bond donors (Lipinski definition) is 0. The van der Waals surface area contributed by atoms with E-state index >= 15 is 0 Å². The first-order valence-electron chi connectivity index (χ1n) is 19.2. The lowest BCUT2D eigenvalue weighted by Crippen LogP contribution is -2.10. The Labute approximate surface area is 325 Å². The molecule has 0 bridgehead atoms. The van der Waals surface area contributed by atoms with Crippen molar-refractivity contribution in [3.8, 4) is 33.4 Å². The summed E-state index contributed by atoms with van der Waals surface area (Å²) in [5.74, 6) is 0. The van der Waals surface area contributed by atoms with Crippen LogP contribution in [0.1, 0.15) is 0 Å². The third-order valence-corrected chi connectivity index (χ3v) is 11.2. The monoisotopic (exact) mass is 713 g/mol. The molecule has 0 atom stereocenters. The number of anilines is 3. The number of nitrogens with zero attached hydrogens (tertiary/aromatic N) is 1. The quantitative estimate of drug-likeness (QED) is 0.160.